The summed E-state index contributed by atoms with van der Waals surface area (Å²) in [5, 5.41) is 60.0. The third-order valence-corrected chi connectivity index (χ3v) is 27.8. The van der Waals surface area contributed by atoms with Crippen LogP contribution in [0.1, 0.15) is 197 Å². The van der Waals surface area contributed by atoms with E-state index in [2.05, 4.69) is 120 Å². The number of aryl methyl sites for hydroxylation is 6. The first-order chi connectivity index (χ1) is 63.1. The van der Waals surface area contributed by atoms with E-state index >= 15 is 0 Å². The van der Waals surface area contributed by atoms with E-state index in [0.717, 1.165) is 72.4 Å². The van der Waals surface area contributed by atoms with Gasteiger partial charge in [0, 0.05) is 27.4 Å². The molecule has 5 fully saturated rings. The molecule has 9 aromatic carbocycles. The molecule has 133 heavy (non-hydrogen) atoms. The second-order valence-corrected chi connectivity index (χ2v) is 40.0. The Morgan fingerprint density at radius 3 is 1.20 bits per heavy atom. The molecule has 0 atom stereocenters. The van der Waals surface area contributed by atoms with Gasteiger partial charge in [-0.2, -0.15) is 4.99 Å². The third-order valence-electron chi connectivity index (χ3n) is 21.5. The molecule has 12 aromatic rings. The number of nitrogens with one attached hydrogen (secondary N) is 2. The highest BCUT2D eigenvalue weighted by atomic mass is 79.9. The van der Waals surface area contributed by atoms with E-state index in [1.54, 1.807) is 31.9 Å². The first-order valence-electron chi connectivity index (χ1n) is 41.1. The molecule has 40 heteroatoms. The molecule has 0 aliphatic heterocycles. The number of hydrogen-bond donors (Lipinski definition) is 9. The number of nitrogens with two attached hydrogens (primary N) is 4. The number of nitrogen functional groups attached to an aromatic ring is 4. The molecule has 0 saturated heterocycles. The van der Waals surface area contributed by atoms with E-state index in [9.17, 15) is 28.8 Å². The van der Waals surface area contributed by atoms with Crippen LogP contribution in [0.5, 0.6) is 0 Å². The predicted molar refractivity (Wildman–Crippen MR) is 550 cm³/mol. The number of aromatic amines is 1. The number of carboxylic acid groups (broad SMARTS) is 3. The van der Waals surface area contributed by atoms with Crippen LogP contribution in [0.15, 0.2) is 152 Å². The summed E-state index contributed by atoms with van der Waals surface area (Å²) in [7, 11) is 0. The van der Waals surface area contributed by atoms with Crippen molar-refractivity contribution < 1.29 is 44.1 Å². The molecule has 5 saturated carbocycles. The molecule has 0 spiro atoms. The van der Waals surface area contributed by atoms with Crippen molar-refractivity contribution in [2.75, 3.05) is 45.6 Å². The molecule has 0 radical (unpaired) electrons. The number of aliphatic imine (C=N–C) groups is 1. The molecule has 5 aliphatic rings. The lowest BCUT2D eigenvalue weighted by Crippen LogP contribution is -2.13. The first kappa shape index (κ1) is 105. The fraction of sp³-hybridized carbons (Fsp3) is 0.280. The van der Waals surface area contributed by atoms with E-state index < -0.39 is 23.8 Å². The number of anilines is 5. The van der Waals surface area contributed by atoms with Crippen LogP contribution in [0.4, 0.5) is 34.6 Å². The van der Waals surface area contributed by atoms with Gasteiger partial charge in [-0.15, -0.1) is 37.1 Å². The number of aromatic carboxylic acids is 3. The lowest BCUT2D eigenvalue weighted by Gasteiger charge is -2.14. The van der Waals surface area contributed by atoms with Gasteiger partial charge in [0.15, 0.2) is 10.3 Å². The fourth-order valence-electron chi connectivity index (χ4n) is 13.9. The van der Waals surface area contributed by atoms with E-state index in [-0.39, 0.29) is 79.5 Å². The lowest BCUT2D eigenvalue weighted by molar-refractivity contribution is -0.116. The molecule has 696 valence electrons. The number of thiocarbonyl (C=S) groups is 1. The number of carbonyl (C=O) groups excluding carboxylic acids is 3. The van der Waals surface area contributed by atoms with Gasteiger partial charge in [0.1, 0.15) is 17.4 Å². The Balaban J connectivity index is 0.000000156. The zero-order valence-corrected chi connectivity index (χ0v) is 85.9. The molecule has 17 rings (SSSR count). The number of alkyl halides is 1. The fourth-order valence-corrected chi connectivity index (χ4v) is 19.8. The van der Waals surface area contributed by atoms with Crippen LogP contribution >= 0.6 is 196 Å². The smallest absolute Gasteiger partial charge is 0.335 e. The van der Waals surface area contributed by atoms with Crippen LogP contribution in [0, 0.1) is 46.3 Å². The standard InChI is InChI=1S/C22H18BrCl2N3O3S.C22H20Cl2N4O3S.C12H13ClN4S.C11H10ClNS.C10H12ClN.C9H7Cl2NO3.C7H7BrClN/c1-11-6-15(12-2-3-12)9-18(25)19(11)28-21(23)26-27-22(28)32-10-16(29)7-13-4-5-14(20(30)31)8-17(13)24;1-11-6-15(12-2-3-12)9-18(24)19(11)28-21(25)26-27-22(28)32-10-16(29)7-13-4-5-14(20(30)31)8-17(13)23;1-6-4-8(7-2-3-7)5-9(13)10(6)17-11(14)15-16-12(17)18;1-7-4-9(8-2-3-8)5-10(12)11(7)13-6-14;1-6-4-8(7-2-3-7)5-9(11)10(6)12;10-4-8(13)12-7-2-1-5(9(14)15)3-6(7)11;1-4-2-5(8)3-6(9)7(4)10/h4-6,8-9,12H,2-3,7,10H2,1H3,(H,30,31);4-6,8-9,12H,2-3,7,10H2,1H3,(H2,25,26)(H,30,31);4-5,7H,2-3H2,1H3,(H2,14,15)(H,16,18);4-5,8H,2-3H2,1H3;4-5,7H,2-3,12H2,1H3;1-3H,4H2,(H,12,13)(H,14,15);2-3H,10H2,1H3. The number of rotatable bonds is 24. The van der Waals surface area contributed by atoms with E-state index in [4.69, 9.17) is 166 Å². The Kier molecular flexibility index (Phi) is 37.4. The summed E-state index contributed by atoms with van der Waals surface area (Å²) in [5.74, 6) is 0.118. The van der Waals surface area contributed by atoms with Gasteiger partial charge in [0.05, 0.1) is 108 Å². The highest BCUT2D eigenvalue weighted by molar-refractivity contribution is 9.10. The number of hydrogen-bond acceptors (Lipinski definition) is 20. The molecule has 1 amide bonds. The second kappa shape index (κ2) is 47.4. The van der Waals surface area contributed by atoms with Crippen molar-refractivity contribution in [3.05, 3.63) is 276 Å². The highest BCUT2D eigenvalue weighted by Crippen LogP contribution is 2.48. The number of benzene rings is 9. The minimum atomic E-state index is -1.08. The minimum absolute atomic E-state index is 0.0591. The molecule has 0 bridgehead atoms. The number of carbonyl (C=O) groups is 6. The number of carboxylic acids is 3. The number of ketones is 2. The summed E-state index contributed by atoms with van der Waals surface area (Å²) in [4.78, 5) is 72.7. The zero-order chi connectivity index (χ0) is 96.8. The van der Waals surface area contributed by atoms with Gasteiger partial charge in [-0.05, 0) is 333 Å². The Hall–Kier alpha value is -8.60. The van der Waals surface area contributed by atoms with Gasteiger partial charge in [-0.3, -0.25) is 28.1 Å². The van der Waals surface area contributed by atoms with Crippen molar-refractivity contribution in [1.29, 1.82) is 0 Å². The van der Waals surface area contributed by atoms with Crippen molar-refractivity contribution in [2.24, 2.45) is 4.99 Å². The highest BCUT2D eigenvalue weighted by Gasteiger charge is 2.32. The number of aromatic nitrogens is 9. The summed E-state index contributed by atoms with van der Waals surface area (Å²) in [6.07, 6.45) is 12.6. The lowest BCUT2D eigenvalue weighted by atomic mass is 10.1. The maximum absolute atomic E-state index is 12.6. The van der Waals surface area contributed by atoms with Gasteiger partial charge in [-0.1, -0.05) is 186 Å². The average molecular weight is 2200 g/mol. The quantitative estimate of drug-likeness (QED) is 0.00892. The molecule has 13 N–H and O–H groups in total. The van der Waals surface area contributed by atoms with Crippen molar-refractivity contribution in [3.8, 4) is 17.1 Å². The van der Waals surface area contributed by atoms with E-state index in [1.165, 1.54) is 158 Å². The molecular weight excluding hydrogens is 2110 g/mol. The molecule has 3 heterocycles. The summed E-state index contributed by atoms with van der Waals surface area (Å²) in [6.45, 7) is 11.9. The van der Waals surface area contributed by atoms with Crippen LogP contribution in [0.2, 0.25) is 45.2 Å². The summed E-state index contributed by atoms with van der Waals surface area (Å²) in [5.41, 5.74) is 42.1. The van der Waals surface area contributed by atoms with E-state index in [1.807, 2.05) is 77.9 Å². The van der Waals surface area contributed by atoms with Crippen LogP contribution in [-0.4, -0.2) is 118 Å². The number of amides is 1. The van der Waals surface area contributed by atoms with Gasteiger partial charge in [-0.25, -0.2) is 19.5 Å². The average Bonchev–Trinajstić information content (AvgIpc) is 1.65. The van der Waals surface area contributed by atoms with E-state index in [0.29, 0.717) is 102 Å². The number of H-pyrrole nitrogens is 1. The molecule has 0 unspecified atom stereocenters. The zero-order valence-electron chi connectivity index (χ0n) is 71.9. The minimum Gasteiger partial charge on any atom is -0.478 e. The predicted octanol–water partition coefficient (Wildman–Crippen LogP) is 27.0. The van der Waals surface area contributed by atoms with Crippen molar-refractivity contribution in [2.45, 2.75) is 158 Å². The third kappa shape index (κ3) is 28.8. The van der Waals surface area contributed by atoms with Crippen LogP contribution in [0.3, 0.4) is 0 Å². The molecule has 3 aromatic heterocycles. The molecule has 5 aliphatic carbocycles. The Morgan fingerprint density at radius 1 is 0.459 bits per heavy atom. The summed E-state index contributed by atoms with van der Waals surface area (Å²) >= 11 is 79.7. The number of halogens is 12. The van der Waals surface area contributed by atoms with Crippen LogP contribution in [-0.2, 0) is 27.2 Å². The Morgan fingerprint density at radius 2 is 0.827 bits per heavy atom. The SMILES string of the molecule is Cc1cc(Br)cc(Cl)c1N.Cc1cc(C2CC2)cc(Cl)c1-n1c(Br)nnc1SCC(=O)Cc1ccc(C(=O)O)cc1Cl.Cc1cc(C2CC2)cc(Cl)c1-n1c(N)n[nH]c1=S.Cc1cc(C2CC2)cc(Cl)c1-n1c(N)nnc1SCC(=O)Cc1ccc(C(=O)O)cc1Cl.Cc1cc(C2CC2)cc(Cl)c1N.Cc1cc(C2CC2)cc(Cl)c1N=C=S.O=C(CCl)Nc1ccc(C(=O)O)cc1Cl. The van der Waals surface area contributed by atoms with Gasteiger partial charge in [0.2, 0.25) is 27.3 Å². The van der Waals surface area contributed by atoms with Crippen LogP contribution < -0.4 is 28.3 Å². The van der Waals surface area contributed by atoms with Crippen molar-refractivity contribution >= 4 is 271 Å². The van der Waals surface area contributed by atoms with Gasteiger partial charge < -0.3 is 43.6 Å². The topological polar surface area (TPSA) is 387 Å². The maximum Gasteiger partial charge on any atom is 0.335 e. The second-order valence-electron chi connectivity index (χ2n) is 32.0. The molecule has 24 nitrogen and oxygen atoms in total. The molecular formula is C93H87Br2Cl10N15O9S4. The summed E-state index contributed by atoms with van der Waals surface area (Å²) < 4.78 is 7.07. The number of Topliss-reactive ketones (excluding diaryl/α,β-unsaturated/α-hetero) is 2. The summed E-state index contributed by atoms with van der Waals surface area (Å²) in [6, 6.07) is 37.1. The van der Waals surface area contributed by atoms with Crippen molar-refractivity contribution in [3.63, 3.8) is 0 Å². The number of thioether (sulfide) groups is 2. The first-order valence-corrected chi connectivity index (χ1v) is 49.4. The van der Waals surface area contributed by atoms with Gasteiger partial charge >= 0.3 is 17.9 Å². The maximum atomic E-state index is 12.6. The van der Waals surface area contributed by atoms with Crippen molar-refractivity contribution in [1.82, 2.24) is 44.3 Å². The van der Waals surface area contributed by atoms with Gasteiger partial charge in [0.25, 0.3) is 0 Å². The number of isothiocyanates is 1. The normalized spacial score (nSPS) is 13.4. The number of nitrogens with zero attached hydrogens (tertiary/aromatic N) is 9. The largest absolute Gasteiger partial charge is 0.478 e. The monoisotopic (exact) mass is 2190 g/mol. The van der Waals surface area contributed by atoms with Crippen LogP contribution in [0.25, 0.3) is 17.1 Å². The Labute approximate surface area is 852 Å². The Bertz CT molecular complexity index is 6270.